The van der Waals surface area contributed by atoms with Gasteiger partial charge in [0, 0.05) is 32.2 Å². The number of nitrogens with one attached hydrogen (secondary N) is 1. The van der Waals surface area contributed by atoms with Crippen molar-refractivity contribution in [3.63, 3.8) is 0 Å². The van der Waals surface area contributed by atoms with Gasteiger partial charge in [-0.15, -0.1) is 0 Å². The first kappa shape index (κ1) is 12.4. The van der Waals surface area contributed by atoms with E-state index < -0.39 is 0 Å². The lowest BCUT2D eigenvalue weighted by atomic mass is 10.2. The molecule has 0 bridgehead atoms. The van der Waals surface area contributed by atoms with Crippen molar-refractivity contribution in [2.45, 2.75) is 31.4 Å². The Morgan fingerprint density at radius 2 is 2.06 bits per heavy atom. The Bertz CT molecular complexity index is 299. The van der Waals surface area contributed by atoms with Crippen molar-refractivity contribution in [1.82, 2.24) is 15.1 Å². The molecule has 5 heteroatoms. The molecular formula is C13H23N3O2. The fourth-order valence-electron chi connectivity index (χ4n) is 3.27. The number of ether oxygens (including phenoxy) is 1. The molecule has 3 aliphatic rings. The van der Waals surface area contributed by atoms with E-state index in [1.54, 1.807) is 0 Å². The third kappa shape index (κ3) is 2.53. The van der Waals surface area contributed by atoms with Gasteiger partial charge in [0.1, 0.15) is 6.10 Å². The van der Waals surface area contributed by atoms with E-state index in [1.807, 2.05) is 4.90 Å². The number of amides is 1. The minimum absolute atomic E-state index is 0.184. The van der Waals surface area contributed by atoms with Crippen LogP contribution in [0.4, 0.5) is 0 Å². The predicted molar refractivity (Wildman–Crippen MR) is 68.4 cm³/mol. The molecule has 0 aromatic rings. The fourth-order valence-corrected chi connectivity index (χ4v) is 3.27. The van der Waals surface area contributed by atoms with Gasteiger partial charge in [-0.2, -0.15) is 0 Å². The normalized spacial score (nSPS) is 34.1. The maximum Gasteiger partial charge on any atom is 0.253 e. The van der Waals surface area contributed by atoms with Crippen LogP contribution in [0.1, 0.15) is 19.3 Å². The Morgan fingerprint density at radius 3 is 2.78 bits per heavy atom. The van der Waals surface area contributed by atoms with E-state index in [0.29, 0.717) is 19.2 Å². The van der Waals surface area contributed by atoms with E-state index in [2.05, 4.69) is 10.2 Å². The highest BCUT2D eigenvalue weighted by molar-refractivity contribution is 5.81. The topological polar surface area (TPSA) is 44.8 Å². The molecule has 18 heavy (non-hydrogen) atoms. The summed E-state index contributed by atoms with van der Waals surface area (Å²) in [6.07, 6.45) is 3.52. The molecule has 1 amide bonds. The average molecular weight is 253 g/mol. The highest BCUT2D eigenvalue weighted by Crippen LogP contribution is 2.21. The second kappa shape index (κ2) is 5.55. The molecule has 3 saturated heterocycles. The maximum absolute atomic E-state index is 12.3. The highest BCUT2D eigenvalue weighted by atomic mass is 16.5. The first-order valence-corrected chi connectivity index (χ1v) is 7.20. The van der Waals surface area contributed by atoms with Gasteiger partial charge in [-0.25, -0.2) is 0 Å². The number of rotatable bonds is 2. The predicted octanol–water partition coefficient (Wildman–Crippen LogP) is -0.328. The molecule has 3 aliphatic heterocycles. The van der Waals surface area contributed by atoms with Gasteiger partial charge in [0.2, 0.25) is 0 Å². The van der Waals surface area contributed by atoms with Crippen LogP contribution in [0.15, 0.2) is 0 Å². The molecule has 3 heterocycles. The average Bonchev–Trinajstić information content (AvgIpc) is 3.09. The van der Waals surface area contributed by atoms with Gasteiger partial charge < -0.3 is 15.0 Å². The maximum atomic E-state index is 12.3. The van der Waals surface area contributed by atoms with Gasteiger partial charge in [0.05, 0.1) is 6.61 Å². The monoisotopic (exact) mass is 253 g/mol. The summed E-state index contributed by atoms with van der Waals surface area (Å²) >= 11 is 0. The molecule has 0 saturated carbocycles. The fraction of sp³-hybridized carbons (Fsp3) is 0.923. The molecule has 102 valence electrons. The molecule has 5 nitrogen and oxygen atoms in total. The summed E-state index contributed by atoms with van der Waals surface area (Å²) in [5.74, 6) is 0.184. The van der Waals surface area contributed by atoms with Crippen LogP contribution in [-0.4, -0.2) is 73.7 Å². The van der Waals surface area contributed by atoms with Crippen LogP contribution in [0, 0.1) is 0 Å². The molecule has 3 fully saturated rings. The first-order valence-electron chi connectivity index (χ1n) is 7.20. The van der Waals surface area contributed by atoms with Crippen molar-refractivity contribution < 1.29 is 9.53 Å². The number of nitrogens with zero attached hydrogens (tertiary/aromatic N) is 2. The van der Waals surface area contributed by atoms with Crippen LogP contribution < -0.4 is 5.32 Å². The lowest BCUT2D eigenvalue weighted by molar-refractivity contribution is -0.144. The summed E-state index contributed by atoms with van der Waals surface area (Å²) in [6.45, 7) is 6.42. The zero-order chi connectivity index (χ0) is 12.4. The van der Waals surface area contributed by atoms with Crippen LogP contribution in [0.3, 0.4) is 0 Å². The second-order valence-electron chi connectivity index (χ2n) is 5.53. The quantitative estimate of drug-likeness (QED) is 0.732. The molecule has 0 aromatic carbocycles. The van der Waals surface area contributed by atoms with Gasteiger partial charge in [0.25, 0.3) is 5.91 Å². The Labute approximate surface area is 108 Å². The van der Waals surface area contributed by atoms with E-state index in [9.17, 15) is 4.79 Å². The van der Waals surface area contributed by atoms with E-state index in [4.69, 9.17) is 4.74 Å². The first-order chi connectivity index (χ1) is 8.84. The van der Waals surface area contributed by atoms with Crippen LogP contribution in [0.5, 0.6) is 0 Å². The highest BCUT2D eigenvalue weighted by Gasteiger charge is 2.35. The minimum Gasteiger partial charge on any atom is -0.366 e. The van der Waals surface area contributed by atoms with E-state index in [0.717, 1.165) is 26.1 Å². The number of hydrogen-bond acceptors (Lipinski definition) is 4. The molecule has 2 atom stereocenters. The van der Waals surface area contributed by atoms with Crippen molar-refractivity contribution in [1.29, 1.82) is 0 Å². The molecular weight excluding hydrogens is 230 g/mol. The minimum atomic E-state index is -0.254. The van der Waals surface area contributed by atoms with Gasteiger partial charge in [-0.05, 0) is 32.4 Å². The second-order valence-corrected chi connectivity index (χ2v) is 5.53. The van der Waals surface area contributed by atoms with E-state index in [-0.39, 0.29) is 12.0 Å². The van der Waals surface area contributed by atoms with Crippen LogP contribution in [-0.2, 0) is 9.53 Å². The third-order valence-electron chi connectivity index (χ3n) is 4.34. The lowest BCUT2D eigenvalue weighted by Crippen LogP contribution is -2.49. The number of hydrogen-bond donors (Lipinski definition) is 1. The molecule has 0 aliphatic carbocycles. The Hall–Kier alpha value is -0.650. The zero-order valence-electron chi connectivity index (χ0n) is 10.9. The molecule has 1 N–H and O–H groups in total. The Kier molecular flexibility index (Phi) is 3.82. The van der Waals surface area contributed by atoms with E-state index in [1.165, 1.54) is 25.9 Å². The SMILES string of the molecule is O=C(C1CNCCO1)N1CCC(N2CCCC2)C1. The number of carbonyl (C=O) groups is 1. The molecule has 0 aromatic heterocycles. The van der Waals surface area contributed by atoms with Crippen molar-refractivity contribution in [2.75, 3.05) is 45.9 Å². The number of morpholine rings is 1. The summed E-state index contributed by atoms with van der Waals surface area (Å²) in [5.41, 5.74) is 0. The number of likely N-dealkylation sites (tertiary alicyclic amines) is 2. The lowest BCUT2D eigenvalue weighted by Gasteiger charge is -2.28. The molecule has 0 radical (unpaired) electrons. The van der Waals surface area contributed by atoms with Gasteiger partial charge in [-0.3, -0.25) is 9.69 Å². The standard InChI is InChI=1S/C13H23N3O2/c17-13(12-9-14-4-8-18-12)16-7-3-11(10-16)15-5-1-2-6-15/h11-12,14H,1-10H2. The van der Waals surface area contributed by atoms with Crippen LogP contribution >= 0.6 is 0 Å². The van der Waals surface area contributed by atoms with Gasteiger partial charge in [-0.1, -0.05) is 0 Å². The largest absolute Gasteiger partial charge is 0.366 e. The number of carbonyl (C=O) groups excluding carboxylic acids is 1. The van der Waals surface area contributed by atoms with Gasteiger partial charge in [0.15, 0.2) is 0 Å². The summed E-state index contributed by atoms with van der Waals surface area (Å²) in [4.78, 5) is 16.9. The zero-order valence-corrected chi connectivity index (χ0v) is 10.9. The third-order valence-corrected chi connectivity index (χ3v) is 4.34. The summed E-state index contributed by atoms with van der Waals surface area (Å²) < 4.78 is 5.55. The summed E-state index contributed by atoms with van der Waals surface area (Å²) in [5, 5.41) is 3.22. The van der Waals surface area contributed by atoms with Gasteiger partial charge >= 0.3 is 0 Å². The molecule has 0 spiro atoms. The molecule has 2 unspecified atom stereocenters. The van der Waals surface area contributed by atoms with Crippen molar-refractivity contribution in [3.05, 3.63) is 0 Å². The Balaban J connectivity index is 1.52. The van der Waals surface area contributed by atoms with E-state index >= 15 is 0 Å². The van der Waals surface area contributed by atoms with Crippen molar-refractivity contribution >= 4 is 5.91 Å². The van der Waals surface area contributed by atoms with Crippen molar-refractivity contribution in [3.8, 4) is 0 Å². The molecule has 3 rings (SSSR count). The summed E-state index contributed by atoms with van der Waals surface area (Å²) in [6, 6.07) is 0.591. The smallest absolute Gasteiger partial charge is 0.253 e. The van der Waals surface area contributed by atoms with Crippen LogP contribution in [0.25, 0.3) is 0 Å². The van der Waals surface area contributed by atoms with Crippen molar-refractivity contribution in [2.24, 2.45) is 0 Å². The Morgan fingerprint density at radius 1 is 1.22 bits per heavy atom. The summed E-state index contributed by atoms with van der Waals surface area (Å²) in [7, 11) is 0. The van der Waals surface area contributed by atoms with Crippen LogP contribution in [0.2, 0.25) is 0 Å².